The van der Waals surface area contributed by atoms with Crippen LogP contribution in [0.15, 0.2) is 24.3 Å². The topological polar surface area (TPSA) is 38.8 Å². The van der Waals surface area contributed by atoms with Gasteiger partial charge in [-0.2, -0.15) is 0 Å². The zero-order valence-electron chi connectivity index (χ0n) is 13.3. The molecule has 3 rings (SSSR count). The van der Waals surface area contributed by atoms with Gasteiger partial charge in [-0.05, 0) is 63.0 Å². The van der Waals surface area contributed by atoms with Crippen molar-refractivity contribution < 1.29 is 14.3 Å². The third kappa shape index (κ3) is 3.43. The van der Waals surface area contributed by atoms with Gasteiger partial charge >= 0.3 is 5.97 Å². The molecule has 2 aliphatic rings. The van der Waals surface area contributed by atoms with Gasteiger partial charge in [0.05, 0.1) is 19.3 Å². The maximum atomic E-state index is 12.2. The number of fused-ring (bicyclic) bond motifs is 1. The molecule has 2 fully saturated rings. The smallest absolute Gasteiger partial charge is 0.338 e. The summed E-state index contributed by atoms with van der Waals surface area (Å²) in [6, 6.07) is 7.72. The number of hydrogen-bond donors (Lipinski definition) is 0. The van der Waals surface area contributed by atoms with E-state index in [4.69, 9.17) is 9.47 Å². The Morgan fingerprint density at radius 2 is 1.91 bits per heavy atom. The van der Waals surface area contributed by atoms with Gasteiger partial charge in [0.15, 0.2) is 0 Å². The summed E-state index contributed by atoms with van der Waals surface area (Å²) in [5.74, 6) is 1.02. The minimum atomic E-state index is -0.226. The lowest BCUT2D eigenvalue weighted by Gasteiger charge is -2.44. The average molecular weight is 303 g/mol. The standard InChI is InChI=1S/C18H25NO3/c1-21-16-9-7-14(8-10-16)18(20)22-13-15-5-4-12-19-11-3-2-6-17(15)19/h7-10,15,17H,2-6,11-13H2,1H3. The first-order valence-corrected chi connectivity index (χ1v) is 8.33. The molecule has 2 unspecified atom stereocenters. The van der Waals surface area contributed by atoms with E-state index in [1.165, 1.54) is 45.2 Å². The van der Waals surface area contributed by atoms with E-state index in [9.17, 15) is 4.79 Å². The summed E-state index contributed by atoms with van der Waals surface area (Å²) in [7, 11) is 1.62. The predicted octanol–water partition coefficient (Wildman–Crippen LogP) is 3.12. The van der Waals surface area contributed by atoms with Crippen molar-refractivity contribution in [2.75, 3.05) is 26.8 Å². The Morgan fingerprint density at radius 1 is 1.14 bits per heavy atom. The molecule has 22 heavy (non-hydrogen) atoms. The summed E-state index contributed by atoms with van der Waals surface area (Å²) in [6.45, 7) is 2.98. The fourth-order valence-electron chi connectivity index (χ4n) is 3.76. The lowest BCUT2D eigenvalue weighted by atomic mass is 9.84. The number of ether oxygens (including phenoxy) is 2. The summed E-state index contributed by atoms with van der Waals surface area (Å²) < 4.78 is 10.7. The van der Waals surface area contributed by atoms with Crippen LogP contribution in [0.5, 0.6) is 5.75 Å². The normalized spacial score (nSPS) is 25.3. The Morgan fingerprint density at radius 3 is 2.68 bits per heavy atom. The van der Waals surface area contributed by atoms with Gasteiger partial charge in [0.2, 0.25) is 0 Å². The molecule has 0 N–H and O–H groups in total. The van der Waals surface area contributed by atoms with E-state index in [-0.39, 0.29) is 5.97 Å². The molecule has 1 aromatic carbocycles. The van der Waals surface area contributed by atoms with Crippen LogP contribution in [0.1, 0.15) is 42.5 Å². The second-order valence-electron chi connectivity index (χ2n) is 6.33. The highest BCUT2D eigenvalue weighted by Gasteiger charge is 2.33. The lowest BCUT2D eigenvalue weighted by molar-refractivity contribution is 0.00739. The Labute approximate surface area is 132 Å². The van der Waals surface area contributed by atoms with Crippen molar-refractivity contribution in [2.45, 2.75) is 38.1 Å². The molecule has 2 saturated heterocycles. The van der Waals surface area contributed by atoms with Crippen LogP contribution < -0.4 is 4.74 Å². The molecule has 4 heteroatoms. The zero-order valence-corrected chi connectivity index (χ0v) is 13.3. The van der Waals surface area contributed by atoms with Crippen molar-refractivity contribution in [1.29, 1.82) is 0 Å². The SMILES string of the molecule is COc1ccc(C(=O)OCC2CCCN3CCCCC23)cc1. The fourth-order valence-corrected chi connectivity index (χ4v) is 3.76. The van der Waals surface area contributed by atoms with Gasteiger partial charge < -0.3 is 9.47 Å². The minimum absolute atomic E-state index is 0.226. The second kappa shape index (κ2) is 7.14. The minimum Gasteiger partial charge on any atom is -0.497 e. The van der Waals surface area contributed by atoms with Gasteiger partial charge in [-0.1, -0.05) is 6.42 Å². The molecule has 2 aliphatic heterocycles. The molecular weight excluding hydrogens is 278 g/mol. The van der Waals surface area contributed by atoms with Gasteiger partial charge in [-0.3, -0.25) is 4.90 Å². The quantitative estimate of drug-likeness (QED) is 0.801. The van der Waals surface area contributed by atoms with Crippen molar-refractivity contribution in [2.24, 2.45) is 5.92 Å². The number of esters is 1. The molecule has 0 aliphatic carbocycles. The molecule has 0 amide bonds. The van der Waals surface area contributed by atoms with Crippen LogP contribution in [0.4, 0.5) is 0 Å². The summed E-state index contributed by atoms with van der Waals surface area (Å²) in [5.41, 5.74) is 0.595. The molecule has 0 spiro atoms. The maximum Gasteiger partial charge on any atom is 0.338 e. The van der Waals surface area contributed by atoms with Crippen molar-refractivity contribution in [3.63, 3.8) is 0 Å². The number of methoxy groups -OCH3 is 1. The highest BCUT2D eigenvalue weighted by molar-refractivity contribution is 5.89. The largest absolute Gasteiger partial charge is 0.497 e. The van der Waals surface area contributed by atoms with Gasteiger partial charge in [0.1, 0.15) is 5.75 Å². The first-order valence-electron chi connectivity index (χ1n) is 8.33. The summed E-state index contributed by atoms with van der Waals surface area (Å²) >= 11 is 0. The Balaban J connectivity index is 1.55. The van der Waals surface area contributed by atoms with E-state index in [1.54, 1.807) is 31.4 Å². The van der Waals surface area contributed by atoms with Crippen LogP contribution in [0.25, 0.3) is 0 Å². The second-order valence-corrected chi connectivity index (χ2v) is 6.33. The van der Waals surface area contributed by atoms with Crippen LogP contribution in [-0.2, 0) is 4.74 Å². The molecule has 0 saturated carbocycles. The van der Waals surface area contributed by atoms with Crippen molar-refractivity contribution in [3.8, 4) is 5.75 Å². The molecule has 0 bridgehead atoms. The number of hydrogen-bond acceptors (Lipinski definition) is 4. The summed E-state index contributed by atoms with van der Waals surface area (Å²) in [6.07, 6.45) is 6.28. The van der Waals surface area contributed by atoms with E-state index < -0.39 is 0 Å². The molecule has 4 nitrogen and oxygen atoms in total. The predicted molar refractivity (Wildman–Crippen MR) is 85.2 cm³/mol. The van der Waals surface area contributed by atoms with Gasteiger partial charge in [0.25, 0.3) is 0 Å². The van der Waals surface area contributed by atoms with E-state index >= 15 is 0 Å². The maximum absolute atomic E-state index is 12.2. The van der Waals surface area contributed by atoms with Crippen molar-refractivity contribution >= 4 is 5.97 Å². The van der Waals surface area contributed by atoms with Crippen LogP contribution in [-0.4, -0.2) is 43.7 Å². The van der Waals surface area contributed by atoms with Crippen LogP contribution >= 0.6 is 0 Å². The summed E-state index contributed by atoms with van der Waals surface area (Å²) in [4.78, 5) is 14.8. The lowest BCUT2D eigenvalue weighted by Crippen LogP contribution is -2.49. The number of carbonyl (C=O) groups excluding carboxylic acids is 1. The molecule has 120 valence electrons. The molecule has 2 atom stereocenters. The Kier molecular flexibility index (Phi) is 4.98. The number of benzene rings is 1. The van der Waals surface area contributed by atoms with Gasteiger partial charge in [-0.15, -0.1) is 0 Å². The highest BCUT2D eigenvalue weighted by atomic mass is 16.5. The van der Waals surface area contributed by atoms with Crippen molar-refractivity contribution in [3.05, 3.63) is 29.8 Å². The third-order valence-corrected chi connectivity index (χ3v) is 4.98. The highest BCUT2D eigenvalue weighted by Crippen LogP contribution is 2.31. The Hall–Kier alpha value is -1.55. The molecule has 1 aromatic rings. The van der Waals surface area contributed by atoms with Crippen LogP contribution in [0.2, 0.25) is 0 Å². The Bertz CT molecular complexity index is 498. The summed E-state index contributed by atoms with van der Waals surface area (Å²) in [5, 5.41) is 0. The number of nitrogens with zero attached hydrogens (tertiary/aromatic N) is 1. The number of rotatable bonds is 4. The molecule has 2 heterocycles. The zero-order chi connectivity index (χ0) is 15.4. The fraction of sp³-hybridized carbons (Fsp3) is 0.611. The van der Waals surface area contributed by atoms with Crippen LogP contribution in [0.3, 0.4) is 0 Å². The molecular formula is C18H25NO3. The van der Waals surface area contributed by atoms with E-state index in [1.807, 2.05) is 0 Å². The average Bonchev–Trinajstić information content (AvgIpc) is 2.59. The molecule has 0 radical (unpaired) electrons. The van der Waals surface area contributed by atoms with Crippen molar-refractivity contribution in [1.82, 2.24) is 4.90 Å². The monoisotopic (exact) mass is 303 g/mol. The van der Waals surface area contributed by atoms with E-state index in [0.29, 0.717) is 24.1 Å². The third-order valence-electron chi connectivity index (χ3n) is 4.98. The number of carbonyl (C=O) groups is 1. The molecule has 0 aromatic heterocycles. The van der Waals surface area contributed by atoms with Crippen LogP contribution in [0, 0.1) is 5.92 Å². The van der Waals surface area contributed by atoms with E-state index in [2.05, 4.69) is 4.90 Å². The number of piperidine rings is 2. The van der Waals surface area contributed by atoms with E-state index in [0.717, 1.165) is 5.75 Å². The first-order chi connectivity index (χ1) is 10.8. The first kappa shape index (κ1) is 15.3. The van der Waals surface area contributed by atoms with Gasteiger partial charge in [-0.25, -0.2) is 4.79 Å². The van der Waals surface area contributed by atoms with Gasteiger partial charge in [0, 0.05) is 12.0 Å².